The third kappa shape index (κ3) is 16.0. The van der Waals surface area contributed by atoms with Crippen LogP contribution in [-0.2, 0) is 51.3 Å². The van der Waals surface area contributed by atoms with E-state index in [-0.39, 0.29) is 44.9 Å². The SMILES string of the molecule is COC(=O)[C@H](Cc1ccccc1)NC(=O)[C@H](CC(=O)O)N1CC[C@H](NC(=O)[C@H](CCCN=C(N)N)NC(=O)OCc2ccccc2)C1=O.O=C(O)C(F)(F)F. The number of rotatable bonds is 17. The Bertz CT molecular complexity index is 1660. The summed E-state index contributed by atoms with van der Waals surface area (Å²) < 4.78 is 41.8. The Balaban J connectivity index is 0.00000136. The number of guanidine groups is 1. The van der Waals surface area contributed by atoms with Crippen LogP contribution in [0.2, 0.25) is 0 Å². The van der Waals surface area contributed by atoms with Crippen LogP contribution in [0.4, 0.5) is 18.0 Å². The molecule has 0 aromatic heterocycles. The Labute approximate surface area is 312 Å². The fourth-order valence-corrected chi connectivity index (χ4v) is 5.06. The Hall–Kier alpha value is -6.41. The molecule has 4 atom stereocenters. The van der Waals surface area contributed by atoms with E-state index in [2.05, 4.69) is 20.9 Å². The van der Waals surface area contributed by atoms with Gasteiger partial charge < -0.3 is 52.0 Å². The van der Waals surface area contributed by atoms with Crippen molar-refractivity contribution in [2.45, 2.75) is 69.1 Å². The first-order valence-electron chi connectivity index (χ1n) is 16.5. The molecular formula is C34H42F3N7O11. The lowest BCUT2D eigenvalue weighted by Gasteiger charge is -2.28. The van der Waals surface area contributed by atoms with Gasteiger partial charge in [-0.05, 0) is 30.4 Å². The van der Waals surface area contributed by atoms with Gasteiger partial charge in [-0.3, -0.25) is 24.2 Å². The fourth-order valence-electron chi connectivity index (χ4n) is 5.06. The number of ether oxygens (including phenoxy) is 2. The van der Waals surface area contributed by atoms with Crippen molar-refractivity contribution in [3.8, 4) is 0 Å². The van der Waals surface area contributed by atoms with Crippen LogP contribution < -0.4 is 27.4 Å². The third-order valence-corrected chi connectivity index (χ3v) is 7.70. The summed E-state index contributed by atoms with van der Waals surface area (Å²) in [4.78, 5) is 90.8. The molecular weight excluding hydrogens is 739 g/mol. The standard InChI is InChI=1S/C32H41N7O9.C2HF3O2/c1-47-30(45)24(17-20-9-4-2-5-10-20)37-28(43)25(18-26(40)41)39-16-14-23(29(39)44)36-27(42)22(13-8-15-35-31(33)34)38-32(46)48-19-21-11-6-3-7-12-21;3-2(4,5)1(6)7/h2-7,9-12,22-25H,8,13-19H2,1H3,(H,36,42)(H,37,43)(H,38,46)(H,40,41)(H4,33,34,35);(H,6,7)/t22-,23-,24-,25-;/m0./s1. The quantitative estimate of drug-likeness (QED) is 0.0497. The van der Waals surface area contributed by atoms with Crippen LogP contribution in [0.15, 0.2) is 65.7 Å². The molecule has 2 aromatic rings. The minimum absolute atomic E-state index is 0.0414. The highest BCUT2D eigenvalue weighted by molar-refractivity contribution is 5.97. The molecule has 1 fully saturated rings. The summed E-state index contributed by atoms with van der Waals surface area (Å²) in [6.45, 7) is 0.0739. The molecule has 55 heavy (non-hydrogen) atoms. The molecule has 1 saturated heterocycles. The van der Waals surface area contributed by atoms with Gasteiger partial charge in [0.1, 0.15) is 30.8 Å². The van der Waals surface area contributed by atoms with Gasteiger partial charge in [0.15, 0.2) is 5.96 Å². The highest BCUT2D eigenvalue weighted by atomic mass is 19.4. The van der Waals surface area contributed by atoms with E-state index in [0.717, 1.165) is 17.6 Å². The number of alkyl carbamates (subject to hydrolysis) is 1. The predicted octanol–water partition coefficient (Wildman–Crippen LogP) is 0.429. The predicted molar refractivity (Wildman–Crippen MR) is 186 cm³/mol. The number of hydrogen-bond acceptors (Lipinski definition) is 10. The maximum Gasteiger partial charge on any atom is 0.490 e. The minimum Gasteiger partial charge on any atom is -0.481 e. The summed E-state index contributed by atoms with van der Waals surface area (Å²) in [6.07, 6.45) is -6.19. The number of methoxy groups -OCH3 is 1. The molecule has 0 radical (unpaired) electrons. The number of hydrogen-bond donors (Lipinski definition) is 7. The van der Waals surface area contributed by atoms with E-state index >= 15 is 0 Å². The summed E-state index contributed by atoms with van der Waals surface area (Å²) in [5.74, 6) is -7.28. The first kappa shape index (κ1) is 44.7. The molecule has 300 valence electrons. The fraction of sp³-hybridized carbons (Fsp3) is 0.412. The van der Waals surface area contributed by atoms with E-state index in [4.69, 9.17) is 30.8 Å². The largest absolute Gasteiger partial charge is 0.490 e. The van der Waals surface area contributed by atoms with Crippen molar-refractivity contribution < 1.29 is 66.4 Å². The van der Waals surface area contributed by atoms with Gasteiger partial charge >= 0.3 is 30.2 Å². The molecule has 2 aromatic carbocycles. The van der Waals surface area contributed by atoms with Crippen molar-refractivity contribution >= 4 is 47.7 Å². The van der Waals surface area contributed by atoms with E-state index in [0.29, 0.717) is 12.0 Å². The molecule has 0 bridgehead atoms. The number of halogens is 3. The topological polar surface area (TPSA) is 282 Å². The van der Waals surface area contributed by atoms with Crippen LogP contribution in [0, 0.1) is 0 Å². The number of aliphatic imine (C=N–C) groups is 1. The van der Waals surface area contributed by atoms with Crippen LogP contribution >= 0.6 is 0 Å². The van der Waals surface area contributed by atoms with E-state index in [1.54, 1.807) is 54.6 Å². The Morgan fingerprint density at radius 1 is 0.927 bits per heavy atom. The van der Waals surface area contributed by atoms with Gasteiger partial charge in [0.25, 0.3) is 0 Å². The van der Waals surface area contributed by atoms with Crippen molar-refractivity contribution in [1.82, 2.24) is 20.9 Å². The zero-order valence-electron chi connectivity index (χ0n) is 29.5. The highest BCUT2D eigenvalue weighted by Crippen LogP contribution is 2.19. The second-order valence-electron chi connectivity index (χ2n) is 11.8. The maximum absolute atomic E-state index is 13.5. The van der Waals surface area contributed by atoms with Gasteiger partial charge in [0.2, 0.25) is 17.7 Å². The van der Waals surface area contributed by atoms with Gasteiger partial charge in [0, 0.05) is 19.5 Å². The summed E-state index contributed by atoms with van der Waals surface area (Å²) in [5, 5.41) is 24.3. The van der Waals surface area contributed by atoms with Crippen molar-refractivity contribution in [3.63, 3.8) is 0 Å². The summed E-state index contributed by atoms with van der Waals surface area (Å²) in [7, 11) is 1.16. The molecule has 1 aliphatic heterocycles. The second kappa shape index (κ2) is 22.0. The molecule has 9 N–H and O–H groups in total. The summed E-state index contributed by atoms with van der Waals surface area (Å²) in [6, 6.07) is 12.8. The number of carboxylic acid groups (broad SMARTS) is 2. The second-order valence-corrected chi connectivity index (χ2v) is 11.8. The number of carboxylic acids is 2. The van der Waals surface area contributed by atoms with Gasteiger partial charge in [-0.25, -0.2) is 14.4 Å². The van der Waals surface area contributed by atoms with E-state index in [1.165, 1.54) is 0 Å². The normalized spacial score (nSPS) is 15.2. The van der Waals surface area contributed by atoms with Crippen LogP contribution in [0.1, 0.15) is 36.8 Å². The number of aliphatic carboxylic acids is 2. The summed E-state index contributed by atoms with van der Waals surface area (Å²) >= 11 is 0. The molecule has 1 aliphatic rings. The van der Waals surface area contributed by atoms with Crippen LogP contribution in [0.25, 0.3) is 0 Å². The van der Waals surface area contributed by atoms with Crippen LogP contribution in [-0.4, -0.2) is 113 Å². The van der Waals surface area contributed by atoms with Gasteiger partial charge in [-0.1, -0.05) is 60.7 Å². The molecule has 1 heterocycles. The summed E-state index contributed by atoms with van der Waals surface area (Å²) in [5.41, 5.74) is 12.2. The molecule has 0 spiro atoms. The number of nitrogens with zero attached hydrogens (tertiary/aromatic N) is 2. The number of alkyl halides is 3. The van der Waals surface area contributed by atoms with E-state index < -0.39 is 78.5 Å². The third-order valence-electron chi connectivity index (χ3n) is 7.70. The smallest absolute Gasteiger partial charge is 0.481 e. The van der Waals surface area contributed by atoms with Gasteiger partial charge in [-0.15, -0.1) is 0 Å². The molecule has 18 nitrogen and oxygen atoms in total. The highest BCUT2D eigenvalue weighted by Gasteiger charge is 2.42. The van der Waals surface area contributed by atoms with Crippen molar-refractivity contribution in [3.05, 3.63) is 71.8 Å². The Kier molecular flexibility index (Phi) is 17.9. The average molecular weight is 782 g/mol. The Morgan fingerprint density at radius 2 is 1.51 bits per heavy atom. The lowest BCUT2D eigenvalue weighted by atomic mass is 10.0. The number of nitrogens with one attached hydrogen (secondary N) is 3. The number of amides is 4. The van der Waals surface area contributed by atoms with E-state index in [1.807, 2.05) is 6.07 Å². The number of benzene rings is 2. The Morgan fingerprint density at radius 3 is 2.04 bits per heavy atom. The first-order valence-corrected chi connectivity index (χ1v) is 16.5. The zero-order chi connectivity index (χ0) is 41.1. The van der Waals surface area contributed by atoms with Gasteiger partial charge in [-0.2, -0.15) is 13.2 Å². The van der Waals surface area contributed by atoms with E-state index in [9.17, 15) is 47.0 Å². The van der Waals surface area contributed by atoms with Crippen molar-refractivity contribution in [1.29, 1.82) is 0 Å². The van der Waals surface area contributed by atoms with Crippen molar-refractivity contribution in [2.24, 2.45) is 16.5 Å². The maximum atomic E-state index is 13.5. The van der Waals surface area contributed by atoms with Crippen molar-refractivity contribution in [2.75, 3.05) is 20.2 Å². The monoisotopic (exact) mass is 781 g/mol. The number of nitrogens with two attached hydrogens (primary N) is 2. The molecule has 21 heteroatoms. The number of esters is 1. The lowest BCUT2D eigenvalue weighted by Crippen LogP contribution is -2.56. The minimum atomic E-state index is -5.08. The molecule has 0 saturated carbocycles. The molecule has 0 unspecified atom stereocenters. The first-order chi connectivity index (χ1) is 25.9. The average Bonchev–Trinajstić information content (AvgIpc) is 3.49. The zero-order valence-corrected chi connectivity index (χ0v) is 29.5. The number of carbonyl (C=O) groups is 7. The molecule has 4 amide bonds. The number of likely N-dealkylation sites (tertiary alicyclic amines) is 1. The van der Waals surface area contributed by atoms with Gasteiger partial charge in [0.05, 0.1) is 13.5 Å². The lowest BCUT2D eigenvalue weighted by molar-refractivity contribution is -0.192. The van der Waals surface area contributed by atoms with Crippen LogP contribution in [0.3, 0.4) is 0 Å². The number of carbonyl (C=O) groups excluding carboxylic acids is 5. The van der Waals surface area contributed by atoms with Crippen LogP contribution in [0.5, 0.6) is 0 Å². The molecule has 3 rings (SSSR count). The molecule has 0 aliphatic carbocycles.